The maximum absolute atomic E-state index is 8.86. The Morgan fingerprint density at radius 1 is 1.21 bits per heavy atom. The van der Waals surface area contributed by atoms with Crippen LogP contribution in [0.4, 0.5) is 11.4 Å². The molecule has 0 aliphatic heterocycles. The zero-order valence-electron chi connectivity index (χ0n) is 11.1. The van der Waals surface area contributed by atoms with Gasteiger partial charge in [0, 0.05) is 11.4 Å². The number of hydrogen-bond acceptors (Lipinski definition) is 3. The van der Waals surface area contributed by atoms with E-state index in [4.69, 9.17) is 11.0 Å². The van der Waals surface area contributed by atoms with Crippen molar-refractivity contribution in [1.82, 2.24) is 0 Å². The van der Waals surface area contributed by atoms with E-state index in [2.05, 4.69) is 18.3 Å². The summed E-state index contributed by atoms with van der Waals surface area (Å²) in [5.41, 5.74) is 10.6. The van der Waals surface area contributed by atoms with E-state index in [-0.39, 0.29) is 6.04 Å². The van der Waals surface area contributed by atoms with Crippen molar-refractivity contribution in [2.45, 2.75) is 19.9 Å². The first-order valence-electron chi connectivity index (χ1n) is 6.23. The van der Waals surface area contributed by atoms with Crippen molar-refractivity contribution in [2.24, 2.45) is 0 Å². The second-order valence-electron chi connectivity index (χ2n) is 4.64. The van der Waals surface area contributed by atoms with Crippen LogP contribution < -0.4 is 11.1 Å². The van der Waals surface area contributed by atoms with Gasteiger partial charge in [0.15, 0.2) is 0 Å². The van der Waals surface area contributed by atoms with E-state index in [1.165, 1.54) is 0 Å². The highest BCUT2D eigenvalue weighted by Gasteiger charge is 2.09. The molecule has 0 aromatic heterocycles. The highest BCUT2D eigenvalue weighted by Crippen LogP contribution is 2.25. The summed E-state index contributed by atoms with van der Waals surface area (Å²) < 4.78 is 0. The molecule has 2 aromatic carbocycles. The van der Waals surface area contributed by atoms with E-state index >= 15 is 0 Å². The predicted octanol–water partition coefficient (Wildman–Crippen LogP) is 3.62. The van der Waals surface area contributed by atoms with Crippen molar-refractivity contribution in [3.63, 3.8) is 0 Å². The van der Waals surface area contributed by atoms with Gasteiger partial charge >= 0.3 is 0 Å². The molecule has 0 spiro atoms. The van der Waals surface area contributed by atoms with E-state index in [1.807, 2.05) is 49.4 Å². The van der Waals surface area contributed by atoms with Gasteiger partial charge in [-0.15, -0.1) is 0 Å². The molecule has 0 radical (unpaired) electrons. The third-order valence-corrected chi connectivity index (χ3v) is 3.19. The van der Waals surface area contributed by atoms with E-state index in [0.717, 1.165) is 22.5 Å². The highest BCUT2D eigenvalue weighted by atomic mass is 14.9. The minimum absolute atomic E-state index is 0.118. The molecule has 0 saturated heterocycles. The number of anilines is 2. The Balaban J connectivity index is 2.22. The summed E-state index contributed by atoms with van der Waals surface area (Å²) in [7, 11) is 0. The lowest BCUT2D eigenvalue weighted by Gasteiger charge is -2.19. The van der Waals surface area contributed by atoms with E-state index in [1.54, 1.807) is 0 Å². The molecule has 3 nitrogen and oxygen atoms in total. The molecule has 0 fully saturated rings. The number of aryl methyl sites for hydroxylation is 1. The fourth-order valence-electron chi connectivity index (χ4n) is 2.11. The van der Waals surface area contributed by atoms with E-state index in [0.29, 0.717) is 5.56 Å². The number of nitriles is 1. The summed E-state index contributed by atoms with van der Waals surface area (Å²) in [6.45, 7) is 4.06. The topological polar surface area (TPSA) is 61.8 Å². The van der Waals surface area contributed by atoms with Crippen LogP contribution in [0.2, 0.25) is 0 Å². The molecular formula is C16H17N3. The lowest BCUT2D eigenvalue weighted by Crippen LogP contribution is -2.09. The zero-order chi connectivity index (χ0) is 13.8. The summed E-state index contributed by atoms with van der Waals surface area (Å²) in [6, 6.07) is 15.7. The SMILES string of the molecule is Cc1cc(C#N)ccc1NC(C)c1ccccc1N. The van der Waals surface area contributed by atoms with Crippen molar-refractivity contribution in [3.05, 3.63) is 59.2 Å². The number of benzene rings is 2. The Kier molecular flexibility index (Phi) is 3.72. The first kappa shape index (κ1) is 13.0. The van der Waals surface area contributed by atoms with Crippen molar-refractivity contribution >= 4 is 11.4 Å². The molecule has 0 saturated carbocycles. The summed E-state index contributed by atoms with van der Waals surface area (Å²) in [5, 5.41) is 12.3. The van der Waals surface area contributed by atoms with E-state index in [9.17, 15) is 0 Å². The van der Waals surface area contributed by atoms with Crippen LogP contribution in [0.25, 0.3) is 0 Å². The Hall–Kier alpha value is -2.47. The van der Waals surface area contributed by atoms with E-state index < -0.39 is 0 Å². The highest BCUT2D eigenvalue weighted by molar-refractivity contribution is 5.57. The summed E-state index contributed by atoms with van der Waals surface area (Å²) in [6.07, 6.45) is 0. The number of rotatable bonds is 3. The van der Waals surface area contributed by atoms with Gasteiger partial charge in [-0.1, -0.05) is 18.2 Å². The van der Waals surface area contributed by atoms with Crippen LogP contribution in [0.1, 0.15) is 29.7 Å². The first-order valence-corrected chi connectivity index (χ1v) is 6.23. The molecule has 3 N–H and O–H groups in total. The molecule has 3 heteroatoms. The van der Waals surface area contributed by atoms with Crippen LogP contribution in [-0.2, 0) is 0 Å². The lowest BCUT2D eigenvalue weighted by atomic mass is 10.0. The van der Waals surface area contributed by atoms with Gasteiger partial charge in [0.2, 0.25) is 0 Å². The number of hydrogen-bond donors (Lipinski definition) is 2. The second-order valence-corrected chi connectivity index (χ2v) is 4.64. The summed E-state index contributed by atoms with van der Waals surface area (Å²) in [5.74, 6) is 0. The van der Waals surface area contributed by atoms with Crippen molar-refractivity contribution in [1.29, 1.82) is 5.26 Å². The molecule has 0 bridgehead atoms. The smallest absolute Gasteiger partial charge is 0.0991 e. The standard InChI is InChI=1S/C16H17N3/c1-11-9-13(10-17)7-8-16(11)19-12(2)14-5-3-4-6-15(14)18/h3-9,12,19H,18H2,1-2H3. The molecule has 19 heavy (non-hydrogen) atoms. The van der Waals surface area contributed by atoms with Crippen molar-refractivity contribution < 1.29 is 0 Å². The van der Waals surface area contributed by atoms with Gasteiger partial charge in [-0.3, -0.25) is 0 Å². The fraction of sp³-hybridized carbons (Fsp3) is 0.188. The Morgan fingerprint density at radius 3 is 2.58 bits per heavy atom. The van der Waals surface area contributed by atoms with Gasteiger partial charge in [-0.25, -0.2) is 0 Å². The Labute approximate surface area is 113 Å². The molecule has 2 aromatic rings. The number of nitrogen functional groups attached to an aromatic ring is 1. The van der Waals surface area contributed by atoms with Crippen LogP contribution >= 0.6 is 0 Å². The molecule has 96 valence electrons. The molecule has 0 heterocycles. The number of nitrogens with two attached hydrogens (primary N) is 1. The maximum Gasteiger partial charge on any atom is 0.0991 e. The number of nitrogens with zero attached hydrogens (tertiary/aromatic N) is 1. The van der Waals surface area contributed by atoms with Gasteiger partial charge in [-0.05, 0) is 49.2 Å². The number of nitrogens with one attached hydrogen (secondary N) is 1. The van der Waals surface area contributed by atoms with Crippen LogP contribution in [-0.4, -0.2) is 0 Å². The monoisotopic (exact) mass is 251 g/mol. The Morgan fingerprint density at radius 2 is 1.95 bits per heavy atom. The van der Waals surface area contributed by atoms with Crippen molar-refractivity contribution in [3.8, 4) is 6.07 Å². The molecule has 2 rings (SSSR count). The maximum atomic E-state index is 8.86. The minimum atomic E-state index is 0.118. The molecule has 1 atom stereocenters. The van der Waals surface area contributed by atoms with Crippen LogP contribution in [0.3, 0.4) is 0 Å². The minimum Gasteiger partial charge on any atom is -0.398 e. The van der Waals surface area contributed by atoms with Gasteiger partial charge in [0.05, 0.1) is 17.7 Å². The largest absolute Gasteiger partial charge is 0.398 e. The number of para-hydroxylation sites is 1. The van der Waals surface area contributed by atoms with Gasteiger partial charge in [0.1, 0.15) is 0 Å². The van der Waals surface area contributed by atoms with Gasteiger partial charge < -0.3 is 11.1 Å². The second kappa shape index (κ2) is 5.45. The molecule has 0 aliphatic rings. The molecule has 0 amide bonds. The van der Waals surface area contributed by atoms with Gasteiger partial charge in [0.25, 0.3) is 0 Å². The summed E-state index contributed by atoms with van der Waals surface area (Å²) in [4.78, 5) is 0. The first-order chi connectivity index (χ1) is 9.11. The van der Waals surface area contributed by atoms with Gasteiger partial charge in [-0.2, -0.15) is 5.26 Å². The average molecular weight is 251 g/mol. The summed E-state index contributed by atoms with van der Waals surface area (Å²) >= 11 is 0. The zero-order valence-corrected chi connectivity index (χ0v) is 11.1. The van der Waals surface area contributed by atoms with Crippen LogP contribution in [0.5, 0.6) is 0 Å². The predicted molar refractivity (Wildman–Crippen MR) is 78.8 cm³/mol. The molecule has 1 unspecified atom stereocenters. The lowest BCUT2D eigenvalue weighted by molar-refractivity contribution is 0.886. The quantitative estimate of drug-likeness (QED) is 0.819. The normalized spacial score (nSPS) is 11.6. The van der Waals surface area contributed by atoms with Crippen LogP contribution in [0.15, 0.2) is 42.5 Å². The fourth-order valence-corrected chi connectivity index (χ4v) is 2.11. The molecule has 0 aliphatic carbocycles. The average Bonchev–Trinajstić information content (AvgIpc) is 2.41. The Bertz CT molecular complexity index is 626. The van der Waals surface area contributed by atoms with Crippen LogP contribution in [0, 0.1) is 18.3 Å². The molecular weight excluding hydrogens is 234 g/mol. The third kappa shape index (κ3) is 2.86. The third-order valence-electron chi connectivity index (χ3n) is 3.19. The van der Waals surface area contributed by atoms with Crippen molar-refractivity contribution in [2.75, 3.05) is 11.1 Å².